The molecule has 0 aliphatic heterocycles. The normalized spacial score (nSPS) is 10.7. The molecule has 1 aromatic heterocycles. The molecule has 3 aromatic rings. The van der Waals surface area contributed by atoms with Gasteiger partial charge in [-0.2, -0.15) is 5.10 Å². The molecule has 2 aromatic carbocycles. The predicted octanol–water partition coefficient (Wildman–Crippen LogP) is 2.82. The first-order valence-corrected chi connectivity index (χ1v) is 8.21. The van der Waals surface area contributed by atoms with Crippen molar-refractivity contribution in [1.82, 2.24) is 10.4 Å². The first-order valence-electron chi connectivity index (χ1n) is 8.21. The van der Waals surface area contributed by atoms with Crippen LogP contribution in [-0.4, -0.2) is 29.6 Å². The molecule has 0 aliphatic carbocycles. The van der Waals surface area contributed by atoms with Crippen molar-refractivity contribution in [3.63, 3.8) is 0 Å². The zero-order valence-corrected chi connectivity index (χ0v) is 14.4. The summed E-state index contributed by atoms with van der Waals surface area (Å²) in [7, 11) is 0. The maximum Gasteiger partial charge on any atom is 0.329 e. The molecule has 0 saturated carbocycles. The van der Waals surface area contributed by atoms with E-state index in [-0.39, 0.29) is 0 Å². The lowest BCUT2D eigenvalue weighted by Crippen LogP contribution is -2.32. The summed E-state index contributed by atoms with van der Waals surface area (Å²) in [6.45, 7) is 3.96. The second-order valence-electron chi connectivity index (χ2n) is 5.57. The monoisotopic (exact) mass is 362 g/mol. The Bertz CT molecular complexity index is 990. The molecular formula is C20H18N4O3. The minimum Gasteiger partial charge on any atom is -0.490 e. The van der Waals surface area contributed by atoms with Crippen LogP contribution in [0.2, 0.25) is 0 Å². The number of benzene rings is 2. The van der Waals surface area contributed by atoms with Crippen molar-refractivity contribution in [1.29, 1.82) is 0 Å². The molecule has 3 rings (SSSR count). The van der Waals surface area contributed by atoms with E-state index < -0.39 is 11.8 Å². The number of H-pyrrole nitrogens is 1. The summed E-state index contributed by atoms with van der Waals surface area (Å²) in [5, 5.41) is 7.30. The van der Waals surface area contributed by atoms with Gasteiger partial charge in [-0.1, -0.05) is 30.9 Å². The van der Waals surface area contributed by atoms with Gasteiger partial charge in [-0.25, -0.2) is 5.43 Å². The Morgan fingerprint density at radius 1 is 1.11 bits per heavy atom. The number of carbonyl (C=O) groups excluding carboxylic acids is 2. The first kappa shape index (κ1) is 17.9. The number of fused-ring (bicyclic) bond motifs is 1. The highest BCUT2D eigenvalue weighted by atomic mass is 16.5. The number of hydrogen-bond acceptors (Lipinski definition) is 4. The van der Waals surface area contributed by atoms with Crippen molar-refractivity contribution in [3.8, 4) is 5.75 Å². The number of amides is 2. The summed E-state index contributed by atoms with van der Waals surface area (Å²) < 4.78 is 5.35. The summed E-state index contributed by atoms with van der Waals surface area (Å²) in [5.74, 6) is -1.04. The summed E-state index contributed by atoms with van der Waals surface area (Å²) in [6.07, 6.45) is 4.89. The fourth-order valence-corrected chi connectivity index (χ4v) is 2.39. The van der Waals surface area contributed by atoms with Crippen LogP contribution in [0, 0.1) is 0 Å². The highest BCUT2D eigenvalue weighted by Crippen LogP contribution is 2.16. The van der Waals surface area contributed by atoms with Crippen LogP contribution in [0.4, 0.5) is 5.69 Å². The van der Waals surface area contributed by atoms with Crippen molar-refractivity contribution in [2.75, 3.05) is 11.9 Å². The lowest BCUT2D eigenvalue weighted by Gasteiger charge is -2.06. The van der Waals surface area contributed by atoms with Crippen molar-refractivity contribution in [3.05, 3.63) is 72.9 Å². The third-order valence-electron chi connectivity index (χ3n) is 3.68. The van der Waals surface area contributed by atoms with Gasteiger partial charge in [0.25, 0.3) is 0 Å². The average molecular weight is 362 g/mol. The Morgan fingerprint density at radius 3 is 2.67 bits per heavy atom. The van der Waals surface area contributed by atoms with Crippen LogP contribution in [0.1, 0.15) is 5.56 Å². The van der Waals surface area contributed by atoms with E-state index in [1.165, 1.54) is 6.21 Å². The van der Waals surface area contributed by atoms with E-state index in [1.54, 1.807) is 36.5 Å². The van der Waals surface area contributed by atoms with Crippen LogP contribution in [0.5, 0.6) is 5.75 Å². The number of aromatic nitrogens is 1. The number of para-hydroxylation sites is 1. The third-order valence-corrected chi connectivity index (χ3v) is 3.68. The number of ether oxygens (including phenoxy) is 1. The van der Waals surface area contributed by atoms with Gasteiger partial charge in [0.1, 0.15) is 12.4 Å². The van der Waals surface area contributed by atoms with Gasteiger partial charge in [0.05, 0.1) is 6.21 Å². The molecule has 7 heteroatoms. The zero-order chi connectivity index (χ0) is 19.1. The number of hydrazone groups is 1. The number of nitrogens with one attached hydrogen (secondary N) is 3. The second kappa shape index (κ2) is 8.48. The molecule has 0 unspecified atom stereocenters. The lowest BCUT2D eigenvalue weighted by molar-refractivity contribution is -0.136. The van der Waals surface area contributed by atoms with E-state index in [1.807, 2.05) is 24.3 Å². The van der Waals surface area contributed by atoms with E-state index >= 15 is 0 Å². The Morgan fingerprint density at radius 2 is 1.89 bits per heavy atom. The Labute approximate surface area is 155 Å². The quantitative estimate of drug-likeness (QED) is 0.272. The second-order valence-corrected chi connectivity index (χ2v) is 5.57. The molecule has 136 valence electrons. The third kappa shape index (κ3) is 4.60. The molecule has 0 fully saturated rings. The molecule has 0 bridgehead atoms. The largest absolute Gasteiger partial charge is 0.490 e. The van der Waals surface area contributed by atoms with Crippen molar-refractivity contribution in [2.24, 2.45) is 5.10 Å². The fraction of sp³-hybridized carbons (Fsp3) is 0.0500. The Kier molecular flexibility index (Phi) is 5.64. The molecule has 0 saturated heterocycles. The fourth-order valence-electron chi connectivity index (χ4n) is 2.39. The Balaban J connectivity index is 1.54. The molecule has 1 heterocycles. The number of carbonyl (C=O) groups is 2. The highest BCUT2D eigenvalue weighted by molar-refractivity contribution is 6.39. The van der Waals surface area contributed by atoms with Crippen LogP contribution in [0.25, 0.3) is 10.9 Å². The van der Waals surface area contributed by atoms with Crippen LogP contribution in [-0.2, 0) is 9.59 Å². The minimum atomic E-state index is -0.863. The van der Waals surface area contributed by atoms with Gasteiger partial charge < -0.3 is 15.0 Å². The molecule has 0 radical (unpaired) electrons. The van der Waals surface area contributed by atoms with E-state index in [9.17, 15) is 9.59 Å². The molecule has 27 heavy (non-hydrogen) atoms. The van der Waals surface area contributed by atoms with E-state index in [4.69, 9.17) is 4.74 Å². The van der Waals surface area contributed by atoms with Gasteiger partial charge in [-0.15, -0.1) is 0 Å². The minimum absolute atomic E-state index is 0.391. The van der Waals surface area contributed by atoms with Crippen molar-refractivity contribution >= 4 is 34.6 Å². The summed E-state index contributed by atoms with van der Waals surface area (Å²) in [6, 6.07) is 14.4. The molecule has 0 aliphatic rings. The summed E-state index contributed by atoms with van der Waals surface area (Å²) in [5.41, 5.74) is 4.46. The lowest BCUT2D eigenvalue weighted by atomic mass is 10.2. The SMILES string of the molecule is C=CCOc1ccc(NC(=O)C(=O)N/N=C/c2c[nH]c3ccccc23)cc1. The number of nitrogens with zero attached hydrogens (tertiary/aromatic N) is 1. The van der Waals surface area contributed by atoms with Crippen LogP contribution >= 0.6 is 0 Å². The molecule has 7 nitrogen and oxygen atoms in total. The highest BCUT2D eigenvalue weighted by Gasteiger charge is 2.13. The van der Waals surface area contributed by atoms with Crippen molar-refractivity contribution < 1.29 is 14.3 Å². The predicted molar refractivity (Wildman–Crippen MR) is 105 cm³/mol. The van der Waals surface area contributed by atoms with Crippen molar-refractivity contribution in [2.45, 2.75) is 0 Å². The van der Waals surface area contributed by atoms with Gasteiger partial charge in [0, 0.05) is 28.4 Å². The van der Waals surface area contributed by atoms with E-state index in [0.29, 0.717) is 18.0 Å². The van der Waals surface area contributed by atoms with Gasteiger partial charge in [0.2, 0.25) is 0 Å². The maximum absolute atomic E-state index is 11.9. The smallest absolute Gasteiger partial charge is 0.329 e. The van der Waals surface area contributed by atoms with E-state index in [0.717, 1.165) is 16.5 Å². The molecule has 2 amide bonds. The van der Waals surface area contributed by atoms with Gasteiger partial charge in [-0.05, 0) is 30.3 Å². The molecule has 0 atom stereocenters. The Hall–Kier alpha value is -3.87. The standard InChI is InChI=1S/C20H18N4O3/c1-2-11-27-16-9-7-15(8-10-16)23-19(25)20(26)24-22-13-14-12-21-18-6-4-3-5-17(14)18/h2-10,12-13,21H,1,11H2,(H,23,25)(H,24,26)/b22-13+. The van der Waals surface area contributed by atoms with Crippen LogP contribution in [0.15, 0.2) is 72.5 Å². The number of aromatic amines is 1. The number of rotatable bonds is 6. The van der Waals surface area contributed by atoms with Gasteiger partial charge in [0.15, 0.2) is 0 Å². The van der Waals surface area contributed by atoms with Gasteiger partial charge >= 0.3 is 11.8 Å². The number of hydrogen-bond donors (Lipinski definition) is 3. The number of anilines is 1. The topological polar surface area (TPSA) is 95.6 Å². The molecule has 3 N–H and O–H groups in total. The summed E-state index contributed by atoms with van der Waals surface area (Å²) >= 11 is 0. The molecular weight excluding hydrogens is 344 g/mol. The van der Waals surface area contributed by atoms with Crippen LogP contribution < -0.4 is 15.5 Å². The van der Waals surface area contributed by atoms with Crippen LogP contribution in [0.3, 0.4) is 0 Å². The molecule has 0 spiro atoms. The first-order chi connectivity index (χ1) is 13.2. The maximum atomic E-state index is 11.9. The summed E-state index contributed by atoms with van der Waals surface area (Å²) in [4.78, 5) is 26.9. The van der Waals surface area contributed by atoms with E-state index in [2.05, 4.69) is 27.4 Å². The average Bonchev–Trinajstić information content (AvgIpc) is 3.10. The zero-order valence-electron chi connectivity index (χ0n) is 14.4. The van der Waals surface area contributed by atoms with Gasteiger partial charge in [-0.3, -0.25) is 9.59 Å².